The fourth-order valence-electron chi connectivity index (χ4n) is 4.14. The number of aryl methyl sites for hydroxylation is 2. The number of halogens is 1. The quantitative estimate of drug-likeness (QED) is 0.166. The van der Waals surface area contributed by atoms with Crippen LogP contribution in [0.1, 0.15) is 52.6 Å². The van der Waals surface area contributed by atoms with Gasteiger partial charge in [0.05, 0.1) is 22.4 Å². The molecule has 4 aromatic carbocycles. The van der Waals surface area contributed by atoms with Crippen LogP contribution in [0.4, 0.5) is 10.1 Å². The highest BCUT2D eigenvalue weighted by molar-refractivity contribution is 6.34. The number of benzene rings is 4. The Hall–Kier alpha value is -5.11. The standard InChI is InChI=1S/C31H22FNO6/c1-18-3-4-19(2)28(15-18)39-24-12-10-23(11-13-24)33-29(35)25-14-7-21(16-26(25)30(33)36)31(37)38-17-27(34)20-5-8-22(32)9-6-20/h3-16H,17H2,1-2H3. The molecule has 1 aliphatic rings. The summed E-state index contributed by atoms with van der Waals surface area (Å²) >= 11 is 0. The van der Waals surface area contributed by atoms with Crippen molar-refractivity contribution in [2.45, 2.75) is 13.8 Å². The fraction of sp³-hybridized carbons (Fsp3) is 0.0968. The van der Waals surface area contributed by atoms with Crippen LogP contribution < -0.4 is 9.64 Å². The Labute approximate surface area is 223 Å². The summed E-state index contributed by atoms with van der Waals surface area (Å²) in [4.78, 5) is 52.0. The molecule has 4 aromatic rings. The number of hydrogen-bond donors (Lipinski definition) is 0. The van der Waals surface area contributed by atoms with Gasteiger partial charge in [-0.1, -0.05) is 12.1 Å². The number of amides is 2. The van der Waals surface area contributed by atoms with Gasteiger partial charge in [-0.15, -0.1) is 0 Å². The highest BCUT2D eigenvalue weighted by atomic mass is 19.1. The third-order valence-corrected chi connectivity index (χ3v) is 6.29. The van der Waals surface area contributed by atoms with E-state index in [-0.39, 0.29) is 22.3 Å². The van der Waals surface area contributed by atoms with Crippen molar-refractivity contribution in [3.8, 4) is 11.5 Å². The van der Waals surface area contributed by atoms with Gasteiger partial charge in [0, 0.05) is 5.56 Å². The third kappa shape index (κ3) is 5.17. The summed E-state index contributed by atoms with van der Waals surface area (Å²) in [5.74, 6) is -1.69. The molecule has 0 bridgehead atoms. The lowest BCUT2D eigenvalue weighted by Gasteiger charge is -2.15. The molecule has 0 fully saturated rings. The largest absolute Gasteiger partial charge is 0.457 e. The predicted octanol–water partition coefficient (Wildman–Crippen LogP) is 6.08. The Morgan fingerprint density at radius 3 is 2.15 bits per heavy atom. The summed E-state index contributed by atoms with van der Waals surface area (Å²) < 4.78 is 24.1. The molecule has 194 valence electrons. The van der Waals surface area contributed by atoms with E-state index in [1.54, 1.807) is 24.3 Å². The number of nitrogens with zero attached hydrogens (tertiary/aromatic N) is 1. The van der Waals surface area contributed by atoms with E-state index in [0.29, 0.717) is 17.2 Å². The lowest BCUT2D eigenvalue weighted by molar-refractivity contribution is 0.0474. The normalized spacial score (nSPS) is 12.3. The molecule has 0 atom stereocenters. The highest BCUT2D eigenvalue weighted by Gasteiger charge is 2.37. The van der Waals surface area contributed by atoms with E-state index < -0.39 is 36.0 Å². The molecule has 0 aliphatic carbocycles. The minimum absolute atomic E-state index is 0.0147. The SMILES string of the molecule is Cc1ccc(C)c(Oc2ccc(N3C(=O)c4ccc(C(=O)OCC(=O)c5ccc(F)cc5)cc4C3=O)cc2)c1. The van der Waals surface area contributed by atoms with Gasteiger partial charge >= 0.3 is 5.97 Å². The highest BCUT2D eigenvalue weighted by Crippen LogP contribution is 2.32. The summed E-state index contributed by atoms with van der Waals surface area (Å²) in [6, 6.07) is 21.3. The Bertz CT molecular complexity index is 1630. The molecule has 1 heterocycles. The molecule has 39 heavy (non-hydrogen) atoms. The van der Waals surface area contributed by atoms with Gasteiger partial charge < -0.3 is 9.47 Å². The predicted molar refractivity (Wildman–Crippen MR) is 141 cm³/mol. The number of fused-ring (bicyclic) bond motifs is 1. The average molecular weight is 524 g/mol. The van der Waals surface area contributed by atoms with Gasteiger partial charge in [-0.25, -0.2) is 14.1 Å². The first-order valence-electron chi connectivity index (χ1n) is 12.0. The van der Waals surface area contributed by atoms with Gasteiger partial charge in [-0.05, 0) is 97.8 Å². The van der Waals surface area contributed by atoms with Crippen LogP contribution in [0.15, 0.2) is 84.9 Å². The van der Waals surface area contributed by atoms with Crippen LogP contribution in [0.5, 0.6) is 11.5 Å². The number of rotatable bonds is 7. The van der Waals surface area contributed by atoms with E-state index in [9.17, 15) is 23.6 Å². The Morgan fingerprint density at radius 2 is 1.44 bits per heavy atom. The zero-order chi connectivity index (χ0) is 27.7. The van der Waals surface area contributed by atoms with Crippen LogP contribution >= 0.6 is 0 Å². The lowest BCUT2D eigenvalue weighted by Crippen LogP contribution is -2.29. The summed E-state index contributed by atoms with van der Waals surface area (Å²) in [6.45, 7) is 3.35. The topological polar surface area (TPSA) is 90.0 Å². The van der Waals surface area contributed by atoms with E-state index in [4.69, 9.17) is 9.47 Å². The molecule has 0 unspecified atom stereocenters. The van der Waals surface area contributed by atoms with Gasteiger partial charge in [0.1, 0.15) is 17.3 Å². The first-order valence-corrected chi connectivity index (χ1v) is 12.0. The summed E-state index contributed by atoms with van der Waals surface area (Å²) in [6.07, 6.45) is 0. The van der Waals surface area contributed by atoms with Crippen molar-refractivity contribution >= 4 is 29.3 Å². The molecule has 0 saturated carbocycles. The van der Waals surface area contributed by atoms with Gasteiger partial charge in [0.25, 0.3) is 11.8 Å². The van der Waals surface area contributed by atoms with Crippen LogP contribution in [0, 0.1) is 19.7 Å². The van der Waals surface area contributed by atoms with Crippen molar-refractivity contribution in [1.29, 1.82) is 0 Å². The minimum atomic E-state index is -0.833. The van der Waals surface area contributed by atoms with Crippen LogP contribution in [0.2, 0.25) is 0 Å². The van der Waals surface area contributed by atoms with E-state index in [0.717, 1.165) is 28.2 Å². The smallest absolute Gasteiger partial charge is 0.338 e. The molecule has 0 N–H and O–H groups in total. The summed E-state index contributed by atoms with van der Waals surface area (Å²) in [5, 5.41) is 0. The monoisotopic (exact) mass is 523 g/mol. The zero-order valence-corrected chi connectivity index (χ0v) is 21.1. The maximum Gasteiger partial charge on any atom is 0.338 e. The number of anilines is 1. The maximum absolute atomic E-state index is 13.2. The van der Waals surface area contributed by atoms with Gasteiger partial charge in [-0.3, -0.25) is 14.4 Å². The molecule has 0 aromatic heterocycles. The molecule has 1 aliphatic heterocycles. The number of imide groups is 1. The minimum Gasteiger partial charge on any atom is -0.457 e. The molecular weight excluding hydrogens is 501 g/mol. The summed E-state index contributed by atoms with van der Waals surface area (Å²) in [7, 11) is 0. The molecule has 5 rings (SSSR count). The van der Waals surface area contributed by atoms with Gasteiger partial charge in [0.2, 0.25) is 0 Å². The Kier molecular flexibility index (Phi) is 6.77. The lowest BCUT2D eigenvalue weighted by atomic mass is 10.1. The van der Waals surface area contributed by atoms with Crippen molar-refractivity contribution in [2.75, 3.05) is 11.5 Å². The number of hydrogen-bond acceptors (Lipinski definition) is 6. The third-order valence-electron chi connectivity index (χ3n) is 6.29. The average Bonchev–Trinajstić information content (AvgIpc) is 3.19. The first kappa shape index (κ1) is 25.5. The maximum atomic E-state index is 13.2. The van der Waals surface area contributed by atoms with E-state index in [1.807, 2.05) is 32.0 Å². The van der Waals surface area contributed by atoms with Crippen molar-refractivity contribution in [3.63, 3.8) is 0 Å². The Morgan fingerprint density at radius 1 is 0.769 bits per heavy atom. The van der Waals surface area contributed by atoms with Crippen molar-refractivity contribution in [1.82, 2.24) is 0 Å². The van der Waals surface area contributed by atoms with Crippen LogP contribution in [-0.2, 0) is 4.74 Å². The molecule has 7 nitrogen and oxygen atoms in total. The fourth-order valence-corrected chi connectivity index (χ4v) is 4.14. The van der Waals surface area contributed by atoms with E-state index in [2.05, 4.69) is 0 Å². The molecule has 0 radical (unpaired) electrons. The number of carbonyl (C=O) groups is 4. The van der Waals surface area contributed by atoms with Crippen molar-refractivity contribution in [2.24, 2.45) is 0 Å². The number of ketones is 1. The second-order valence-electron chi connectivity index (χ2n) is 9.08. The number of esters is 1. The van der Waals surface area contributed by atoms with Crippen LogP contribution in [0.25, 0.3) is 0 Å². The number of ether oxygens (including phenoxy) is 2. The molecule has 8 heteroatoms. The zero-order valence-electron chi connectivity index (χ0n) is 21.1. The number of Topliss-reactive ketones (excluding diaryl/α,β-unsaturated/α-hetero) is 1. The molecular formula is C31H22FNO6. The van der Waals surface area contributed by atoms with Gasteiger partial charge in [0.15, 0.2) is 12.4 Å². The first-order chi connectivity index (χ1) is 18.7. The second-order valence-corrected chi connectivity index (χ2v) is 9.08. The molecule has 0 spiro atoms. The van der Waals surface area contributed by atoms with Crippen LogP contribution in [0.3, 0.4) is 0 Å². The second kappa shape index (κ2) is 10.3. The van der Waals surface area contributed by atoms with Crippen molar-refractivity contribution < 1.29 is 33.0 Å². The van der Waals surface area contributed by atoms with Crippen molar-refractivity contribution in [3.05, 3.63) is 124 Å². The van der Waals surface area contributed by atoms with Crippen LogP contribution in [-0.4, -0.2) is 30.2 Å². The molecule has 2 amide bonds. The van der Waals surface area contributed by atoms with E-state index in [1.165, 1.54) is 30.3 Å². The number of carbonyl (C=O) groups excluding carboxylic acids is 4. The van der Waals surface area contributed by atoms with Gasteiger partial charge in [-0.2, -0.15) is 0 Å². The molecule has 0 saturated heterocycles. The van der Waals surface area contributed by atoms with E-state index >= 15 is 0 Å². The Balaban J connectivity index is 1.28. The summed E-state index contributed by atoms with van der Waals surface area (Å²) in [5.41, 5.74) is 2.79.